The van der Waals surface area contributed by atoms with Gasteiger partial charge in [0.25, 0.3) is 0 Å². The molecule has 0 bridgehead atoms. The predicted octanol–water partition coefficient (Wildman–Crippen LogP) is 4.57. The monoisotopic (exact) mass is 259 g/mol. The molecule has 0 radical (unpaired) electrons. The van der Waals surface area contributed by atoms with Gasteiger partial charge in [-0.25, -0.2) is 0 Å². The lowest BCUT2D eigenvalue weighted by atomic mass is 9.89. The summed E-state index contributed by atoms with van der Waals surface area (Å²) in [5, 5.41) is 7.39. The van der Waals surface area contributed by atoms with E-state index < -0.39 is 0 Å². The summed E-state index contributed by atoms with van der Waals surface area (Å²) in [6.07, 6.45) is 5.62. The lowest BCUT2D eigenvalue weighted by Crippen LogP contribution is -2.29. The second kappa shape index (κ2) is 5.02. The highest BCUT2D eigenvalue weighted by Gasteiger charge is 2.27. The van der Waals surface area contributed by atoms with Crippen LogP contribution in [0.4, 0.5) is 0 Å². The highest BCUT2D eigenvalue weighted by molar-refractivity contribution is 7.17. The van der Waals surface area contributed by atoms with E-state index >= 15 is 0 Å². The Hall–Kier alpha value is -0.860. The fourth-order valence-electron chi connectivity index (χ4n) is 3.07. The zero-order valence-corrected chi connectivity index (χ0v) is 11.9. The minimum Gasteiger partial charge on any atom is -0.312 e. The van der Waals surface area contributed by atoms with E-state index in [1.807, 2.05) is 11.3 Å². The molecular formula is C16H21NS. The van der Waals surface area contributed by atoms with Crippen LogP contribution in [0.1, 0.15) is 38.2 Å². The maximum absolute atomic E-state index is 3.67. The Morgan fingerprint density at radius 1 is 1.22 bits per heavy atom. The molecule has 1 N–H and O–H groups in total. The van der Waals surface area contributed by atoms with Crippen molar-refractivity contribution >= 4 is 21.4 Å². The molecule has 96 valence electrons. The Bertz CT molecular complexity index is 523. The van der Waals surface area contributed by atoms with Gasteiger partial charge in [-0.2, -0.15) is 0 Å². The van der Waals surface area contributed by atoms with E-state index in [1.165, 1.54) is 41.3 Å². The molecule has 2 aromatic rings. The van der Waals surface area contributed by atoms with Crippen molar-refractivity contribution in [2.75, 3.05) is 6.54 Å². The van der Waals surface area contributed by atoms with E-state index in [4.69, 9.17) is 0 Å². The van der Waals surface area contributed by atoms with Crippen molar-refractivity contribution < 1.29 is 0 Å². The summed E-state index contributed by atoms with van der Waals surface area (Å²) >= 11 is 1.86. The number of nitrogens with one attached hydrogen (secondary N) is 1. The topological polar surface area (TPSA) is 12.0 Å². The normalized spacial score (nSPS) is 18.5. The van der Waals surface area contributed by atoms with Gasteiger partial charge < -0.3 is 5.32 Å². The van der Waals surface area contributed by atoms with Gasteiger partial charge in [0, 0.05) is 17.8 Å². The molecule has 0 spiro atoms. The Kier molecular flexibility index (Phi) is 3.40. The highest BCUT2D eigenvalue weighted by atomic mass is 32.1. The average molecular weight is 259 g/mol. The first-order valence-electron chi connectivity index (χ1n) is 6.93. The number of hydrogen-bond donors (Lipinski definition) is 1. The maximum Gasteiger partial charge on any atom is 0.0346 e. The van der Waals surface area contributed by atoms with E-state index in [1.54, 1.807) is 0 Å². The molecule has 1 saturated carbocycles. The maximum atomic E-state index is 3.67. The summed E-state index contributed by atoms with van der Waals surface area (Å²) in [6, 6.07) is 8.70. The molecule has 1 heterocycles. The molecule has 0 saturated heterocycles. The largest absolute Gasteiger partial charge is 0.312 e. The molecule has 1 aliphatic rings. The van der Waals surface area contributed by atoms with Gasteiger partial charge in [0.15, 0.2) is 0 Å². The summed E-state index contributed by atoms with van der Waals surface area (Å²) in [7, 11) is 0. The van der Waals surface area contributed by atoms with Crippen molar-refractivity contribution in [3.8, 4) is 0 Å². The zero-order valence-electron chi connectivity index (χ0n) is 11.0. The molecule has 1 nitrogen and oxygen atoms in total. The van der Waals surface area contributed by atoms with Gasteiger partial charge in [-0.1, -0.05) is 38.0 Å². The lowest BCUT2D eigenvalue weighted by Gasteiger charge is -2.23. The van der Waals surface area contributed by atoms with Crippen LogP contribution in [-0.2, 0) is 6.54 Å². The molecule has 18 heavy (non-hydrogen) atoms. The molecule has 1 aliphatic carbocycles. The second-order valence-corrected chi connectivity index (χ2v) is 6.79. The number of rotatable bonds is 4. The third-order valence-corrected chi connectivity index (χ3v) is 5.25. The van der Waals surface area contributed by atoms with Gasteiger partial charge >= 0.3 is 0 Å². The Balaban J connectivity index is 1.63. The van der Waals surface area contributed by atoms with Crippen molar-refractivity contribution in [1.29, 1.82) is 0 Å². The van der Waals surface area contributed by atoms with Crippen LogP contribution < -0.4 is 5.32 Å². The van der Waals surface area contributed by atoms with Crippen LogP contribution in [0.5, 0.6) is 0 Å². The first kappa shape index (κ1) is 12.2. The summed E-state index contributed by atoms with van der Waals surface area (Å²) in [4.78, 5) is 0. The van der Waals surface area contributed by atoms with E-state index in [2.05, 4.69) is 41.9 Å². The van der Waals surface area contributed by atoms with E-state index in [9.17, 15) is 0 Å². The van der Waals surface area contributed by atoms with Gasteiger partial charge in [0.1, 0.15) is 0 Å². The molecule has 3 rings (SSSR count). The molecule has 2 heteroatoms. The molecule has 1 fully saturated rings. The molecule has 0 aliphatic heterocycles. The van der Waals surface area contributed by atoms with Crippen LogP contribution in [0.25, 0.3) is 10.1 Å². The van der Waals surface area contributed by atoms with E-state index in [0.717, 1.165) is 13.1 Å². The Morgan fingerprint density at radius 3 is 2.83 bits per heavy atom. The van der Waals surface area contributed by atoms with E-state index in [-0.39, 0.29) is 0 Å². The molecule has 1 aromatic heterocycles. The Labute approximate surface area is 113 Å². The van der Waals surface area contributed by atoms with Gasteiger partial charge in [-0.3, -0.25) is 0 Å². The molecule has 0 amide bonds. The highest BCUT2D eigenvalue weighted by Crippen LogP contribution is 2.36. The fraction of sp³-hybridized carbons (Fsp3) is 0.500. The van der Waals surface area contributed by atoms with Gasteiger partial charge in [0.2, 0.25) is 0 Å². The Morgan fingerprint density at radius 2 is 2.00 bits per heavy atom. The number of fused-ring (bicyclic) bond motifs is 1. The smallest absolute Gasteiger partial charge is 0.0346 e. The first-order valence-corrected chi connectivity index (χ1v) is 7.81. The molecule has 1 aromatic carbocycles. The molecule has 0 unspecified atom stereocenters. The summed E-state index contributed by atoms with van der Waals surface area (Å²) in [5.74, 6) is 0. The molecular weight excluding hydrogens is 238 g/mol. The lowest BCUT2D eigenvalue weighted by molar-refractivity contribution is 0.315. The van der Waals surface area contributed by atoms with Crippen LogP contribution >= 0.6 is 11.3 Å². The SMILES string of the molecule is CC1(CNCc2csc3ccccc23)CCCC1. The minimum absolute atomic E-state index is 0.547. The van der Waals surface area contributed by atoms with Gasteiger partial charge in [0.05, 0.1) is 0 Å². The minimum atomic E-state index is 0.547. The van der Waals surface area contributed by atoms with Crippen molar-refractivity contribution in [2.45, 2.75) is 39.2 Å². The van der Waals surface area contributed by atoms with Crippen LogP contribution in [0.15, 0.2) is 29.6 Å². The number of benzene rings is 1. The molecule has 0 atom stereocenters. The number of hydrogen-bond acceptors (Lipinski definition) is 2. The standard InChI is InChI=1S/C16H21NS/c1-16(8-4-5-9-16)12-17-10-13-11-18-15-7-3-2-6-14(13)15/h2-3,6-7,11,17H,4-5,8-10,12H2,1H3. The summed E-state index contributed by atoms with van der Waals surface area (Å²) in [5.41, 5.74) is 2.00. The average Bonchev–Trinajstić information content (AvgIpc) is 2.97. The van der Waals surface area contributed by atoms with Crippen molar-refractivity contribution in [3.63, 3.8) is 0 Å². The van der Waals surface area contributed by atoms with Crippen LogP contribution in [-0.4, -0.2) is 6.54 Å². The van der Waals surface area contributed by atoms with Crippen molar-refractivity contribution in [3.05, 3.63) is 35.2 Å². The number of thiophene rings is 1. The first-order chi connectivity index (χ1) is 8.77. The zero-order chi connectivity index (χ0) is 12.4. The van der Waals surface area contributed by atoms with Gasteiger partial charge in [-0.15, -0.1) is 11.3 Å². The summed E-state index contributed by atoms with van der Waals surface area (Å²) < 4.78 is 1.40. The van der Waals surface area contributed by atoms with Crippen LogP contribution in [0.3, 0.4) is 0 Å². The van der Waals surface area contributed by atoms with Crippen molar-refractivity contribution in [1.82, 2.24) is 5.32 Å². The van der Waals surface area contributed by atoms with Crippen LogP contribution in [0, 0.1) is 5.41 Å². The van der Waals surface area contributed by atoms with Crippen LogP contribution in [0.2, 0.25) is 0 Å². The quantitative estimate of drug-likeness (QED) is 0.848. The van der Waals surface area contributed by atoms with E-state index in [0.29, 0.717) is 5.41 Å². The predicted molar refractivity (Wildman–Crippen MR) is 80.1 cm³/mol. The second-order valence-electron chi connectivity index (χ2n) is 5.88. The third kappa shape index (κ3) is 2.45. The fourth-order valence-corrected chi connectivity index (χ4v) is 4.04. The summed E-state index contributed by atoms with van der Waals surface area (Å²) in [6.45, 7) is 4.61. The van der Waals surface area contributed by atoms with Crippen molar-refractivity contribution in [2.24, 2.45) is 5.41 Å². The third-order valence-electron chi connectivity index (χ3n) is 4.24. The van der Waals surface area contributed by atoms with Gasteiger partial charge in [-0.05, 0) is 40.7 Å².